The van der Waals surface area contributed by atoms with E-state index in [4.69, 9.17) is 5.26 Å². The van der Waals surface area contributed by atoms with Crippen molar-refractivity contribution in [3.63, 3.8) is 0 Å². The number of rotatable bonds is 0. The van der Waals surface area contributed by atoms with Crippen LogP contribution in [0.4, 0.5) is 8.78 Å². The zero-order chi connectivity index (χ0) is 9.84. The Bertz CT molecular complexity index is 433. The molecule has 0 unspecified atom stereocenters. The summed E-state index contributed by atoms with van der Waals surface area (Å²) < 4.78 is 26.0. The summed E-state index contributed by atoms with van der Waals surface area (Å²) in [4.78, 5) is 0. The lowest BCUT2D eigenvalue weighted by Gasteiger charge is -1.99. The Morgan fingerprint density at radius 2 is 2.00 bits per heavy atom. The van der Waals surface area contributed by atoms with Gasteiger partial charge in [-0.3, -0.25) is 0 Å². The van der Waals surface area contributed by atoms with Crippen LogP contribution in [0.15, 0.2) is 12.1 Å². The molecule has 64 valence electrons. The minimum atomic E-state index is -0.745. The van der Waals surface area contributed by atoms with E-state index in [1.54, 1.807) is 0 Å². The first-order valence-corrected chi connectivity index (χ1v) is 3.51. The van der Waals surface area contributed by atoms with E-state index in [9.17, 15) is 8.78 Å². The summed E-state index contributed by atoms with van der Waals surface area (Å²) in [6.07, 6.45) is 0. The molecule has 0 bridgehead atoms. The molecular formula is C10H5F2N. The third kappa shape index (κ3) is 1.83. The molecule has 0 aliphatic heterocycles. The summed E-state index contributed by atoms with van der Waals surface area (Å²) in [5.41, 5.74) is -0.0369. The van der Waals surface area contributed by atoms with Gasteiger partial charge >= 0.3 is 0 Å². The molecule has 0 N–H and O–H groups in total. The molecule has 0 aliphatic rings. The van der Waals surface area contributed by atoms with Crippen LogP contribution in [0.5, 0.6) is 0 Å². The molecule has 0 radical (unpaired) electrons. The summed E-state index contributed by atoms with van der Waals surface area (Å²) in [6.45, 7) is 1.51. The van der Waals surface area contributed by atoms with Crippen LogP contribution in [0.2, 0.25) is 0 Å². The quantitative estimate of drug-likeness (QED) is 0.557. The Balaban J connectivity index is 3.36. The minimum Gasteiger partial charge on any atom is -0.206 e. The van der Waals surface area contributed by atoms with Gasteiger partial charge in [-0.2, -0.15) is 5.26 Å². The monoisotopic (exact) mass is 177 g/mol. The first-order chi connectivity index (χ1) is 6.16. The van der Waals surface area contributed by atoms with E-state index in [2.05, 4.69) is 5.92 Å². The number of aryl methyl sites for hydroxylation is 1. The third-order valence-corrected chi connectivity index (χ3v) is 1.53. The van der Waals surface area contributed by atoms with Crippen LogP contribution in [-0.4, -0.2) is 0 Å². The summed E-state index contributed by atoms with van der Waals surface area (Å²) in [5, 5.41) is 8.11. The van der Waals surface area contributed by atoms with Crippen molar-refractivity contribution in [2.75, 3.05) is 0 Å². The van der Waals surface area contributed by atoms with Crippen molar-refractivity contribution in [2.45, 2.75) is 6.92 Å². The number of hydrogen-bond donors (Lipinski definition) is 0. The van der Waals surface area contributed by atoms with Crippen molar-refractivity contribution in [2.24, 2.45) is 0 Å². The van der Waals surface area contributed by atoms with E-state index in [1.165, 1.54) is 19.1 Å². The standard InChI is InChI=1S/C10H5F2N/c1-7-4-5-9(11)8(10(7)12)3-2-6-13/h4-5H,1H3. The molecule has 1 nitrogen and oxygen atoms in total. The van der Waals surface area contributed by atoms with Crippen LogP contribution in [0.1, 0.15) is 11.1 Å². The predicted octanol–water partition coefficient (Wildman–Crippen LogP) is 2.15. The maximum Gasteiger partial charge on any atom is 0.152 e. The molecule has 0 aromatic heterocycles. The zero-order valence-corrected chi connectivity index (χ0v) is 6.86. The molecule has 0 aliphatic carbocycles. The lowest BCUT2D eigenvalue weighted by Crippen LogP contribution is -1.92. The Morgan fingerprint density at radius 3 is 2.62 bits per heavy atom. The van der Waals surface area contributed by atoms with E-state index in [0.717, 1.165) is 6.07 Å². The van der Waals surface area contributed by atoms with Crippen molar-refractivity contribution >= 4 is 0 Å². The molecule has 1 aromatic carbocycles. The minimum absolute atomic E-state index is 0.309. The summed E-state index contributed by atoms with van der Waals surface area (Å²) in [6, 6.07) is 3.94. The van der Waals surface area contributed by atoms with E-state index < -0.39 is 11.6 Å². The van der Waals surface area contributed by atoms with E-state index >= 15 is 0 Å². The van der Waals surface area contributed by atoms with Gasteiger partial charge in [0.05, 0.1) is 5.56 Å². The average Bonchev–Trinajstić information content (AvgIpc) is 2.12. The van der Waals surface area contributed by atoms with Gasteiger partial charge in [0.1, 0.15) is 11.6 Å². The number of nitriles is 1. The van der Waals surface area contributed by atoms with Crippen molar-refractivity contribution in [3.8, 4) is 17.9 Å². The number of hydrogen-bond acceptors (Lipinski definition) is 1. The highest BCUT2D eigenvalue weighted by molar-refractivity contribution is 5.42. The highest BCUT2D eigenvalue weighted by Gasteiger charge is 2.08. The molecule has 0 spiro atoms. The van der Waals surface area contributed by atoms with E-state index in [1.807, 2.05) is 5.92 Å². The van der Waals surface area contributed by atoms with Crippen molar-refractivity contribution in [1.82, 2.24) is 0 Å². The van der Waals surface area contributed by atoms with Gasteiger partial charge in [-0.15, -0.1) is 0 Å². The summed E-state index contributed by atoms with van der Waals surface area (Å²) in [7, 11) is 0. The van der Waals surface area contributed by atoms with Crippen LogP contribution in [0, 0.1) is 41.7 Å². The molecule has 1 rings (SSSR count). The molecule has 1 aromatic rings. The first-order valence-electron chi connectivity index (χ1n) is 3.51. The lowest BCUT2D eigenvalue weighted by molar-refractivity contribution is 0.571. The summed E-state index contributed by atoms with van der Waals surface area (Å²) >= 11 is 0. The van der Waals surface area contributed by atoms with E-state index in [0.29, 0.717) is 5.56 Å². The molecule has 0 atom stereocenters. The highest BCUT2D eigenvalue weighted by atomic mass is 19.1. The number of halogens is 2. The highest BCUT2D eigenvalue weighted by Crippen LogP contribution is 2.14. The largest absolute Gasteiger partial charge is 0.206 e. The molecule has 0 saturated heterocycles. The van der Waals surface area contributed by atoms with Gasteiger partial charge in [-0.1, -0.05) is 6.07 Å². The van der Waals surface area contributed by atoms with Crippen molar-refractivity contribution in [3.05, 3.63) is 34.9 Å². The molecule has 13 heavy (non-hydrogen) atoms. The van der Waals surface area contributed by atoms with Crippen LogP contribution < -0.4 is 0 Å². The smallest absolute Gasteiger partial charge is 0.152 e. The Labute approximate surface area is 74.6 Å². The third-order valence-electron chi connectivity index (χ3n) is 1.53. The molecule has 0 saturated carbocycles. The number of nitrogens with zero attached hydrogens (tertiary/aromatic N) is 1. The molecule has 0 heterocycles. The van der Waals surface area contributed by atoms with Gasteiger partial charge in [-0.25, -0.2) is 8.78 Å². The topological polar surface area (TPSA) is 23.8 Å². The van der Waals surface area contributed by atoms with Crippen LogP contribution in [0.3, 0.4) is 0 Å². The summed E-state index contributed by atoms with van der Waals surface area (Å²) in [5.74, 6) is 2.61. The fourth-order valence-electron chi connectivity index (χ4n) is 0.862. The maximum absolute atomic E-state index is 13.1. The molecule has 0 fully saturated rings. The fourth-order valence-corrected chi connectivity index (χ4v) is 0.862. The average molecular weight is 177 g/mol. The SMILES string of the molecule is Cc1ccc(F)c(C#CC#N)c1F. The van der Waals surface area contributed by atoms with E-state index in [-0.39, 0.29) is 5.56 Å². The molecule has 3 heteroatoms. The second kappa shape index (κ2) is 3.69. The van der Waals surface area contributed by atoms with Gasteiger partial charge in [0.2, 0.25) is 0 Å². The van der Waals surface area contributed by atoms with Crippen LogP contribution >= 0.6 is 0 Å². The Kier molecular flexibility index (Phi) is 2.62. The predicted molar refractivity (Wildman–Crippen MR) is 43.6 cm³/mol. The van der Waals surface area contributed by atoms with Gasteiger partial charge < -0.3 is 0 Å². The first kappa shape index (κ1) is 9.22. The normalized spacial score (nSPS) is 8.46. The second-order valence-electron chi connectivity index (χ2n) is 2.42. The van der Waals surface area contributed by atoms with Crippen LogP contribution in [0.25, 0.3) is 0 Å². The maximum atomic E-state index is 13.1. The fraction of sp³-hybridized carbons (Fsp3) is 0.100. The number of benzene rings is 1. The van der Waals surface area contributed by atoms with Gasteiger partial charge in [0.25, 0.3) is 0 Å². The van der Waals surface area contributed by atoms with Gasteiger partial charge in [0, 0.05) is 5.92 Å². The Morgan fingerprint density at radius 1 is 1.31 bits per heavy atom. The van der Waals surface area contributed by atoms with Gasteiger partial charge in [-0.05, 0) is 24.5 Å². The molecular weight excluding hydrogens is 172 g/mol. The molecule has 0 amide bonds. The van der Waals surface area contributed by atoms with Crippen molar-refractivity contribution in [1.29, 1.82) is 5.26 Å². The van der Waals surface area contributed by atoms with Crippen LogP contribution in [-0.2, 0) is 0 Å². The lowest BCUT2D eigenvalue weighted by atomic mass is 10.1. The Hall–Kier alpha value is -1.87. The zero-order valence-electron chi connectivity index (χ0n) is 6.86. The van der Waals surface area contributed by atoms with Gasteiger partial charge in [0.15, 0.2) is 6.07 Å². The van der Waals surface area contributed by atoms with Crippen molar-refractivity contribution < 1.29 is 8.78 Å². The second-order valence-corrected chi connectivity index (χ2v) is 2.42.